The fourth-order valence-electron chi connectivity index (χ4n) is 1.94. The van der Waals surface area contributed by atoms with E-state index in [4.69, 9.17) is 9.47 Å². The molecule has 0 aliphatic rings. The minimum Gasteiger partial charge on any atom is -0.486 e. The van der Waals surface area contributed by atoms with Crippen LogP contribution >= 0.6 is 24.0 Å². The van der Waals surface area contributed by atoms with Gasteiger partial charge in [0.05, 0.1) is 6.54 Å². The number of ether oxygens (including phenoxy) is 2. The second-order valence-corrected chi connectivity index (χ2v) is 5.14. The van der Waals surface area contributed by atoms with Gasteiger partial charge in [-0.1, -0.05) is 12.1 Å². The molecule has 1 unspecified atom stereocenters. The molecule has 0 aliphatic heterocycles. The Hall–Kier alpha value is -1.09. The topological polar surface area (TPSA) is 54.9 Å². The summed E-state index contributed by atoms with van der Waals surface area (Å²) in [5.74, 6) is 0.627. The predicted octanol–water partition coefficient (Wildman–Crippen LogP) is 3.19. The molecular weight excluding hydrogens is 424 g/mol. The first kappa shape index (κ1) is 22.9. The van der Waals surface area contributed by atoms with E-state index >= 15 is 0 Å². The number of para-hydroxylation sites is 1. The Morgan fingerprint density at radius 3 is 2.67 bits per heavy atom. The molecule has 1 aromatic carbocycles. The van der Waals surface area contributed by atoms with Crippen molar-refractivity contribution in [3.05, 3.63) is 30.1 Å². The van der Waals surface area contributed by atoms with Crippen molar-refractivity contribution in [2.75, 3.05) is 33.4 Å². The van der Waals surface area contributed by atoms with Crippen LogP contribution in [0.1, 0.15) is 26.7 Å². The Kier molecular flexibility index (Phi) is 13.6. The maximum absolute atomic E-state index is 13.5. The second kappa shape index (κ2) is 14.3. The Bertz CT molecular complexity index is 475. The van der Waals surface area contributed by atoms with Crippen LogP contribution in [0.2, 0.25) is 0 Å². The van der Waals surface area contributed by atoms with E-state index in [2.05, 4.69) is 15.6 Å². The van der Waals surface area contributed by atoms with Crippen LogP contribution in [0.25, 0.3) is 0 Å². The van der Waals surface area contributed by atoms with E-state index in [-0.39, 0.29) is 41.6 Å². The van der Waals surface area contributed by atoms with Gasteiger partial charge in [-0.15, -0.1) is 24.0 Å². The van der Waals surface area contributed by atoms with Gasteiger partial charge >= 0.3 is 0 Å². The third kappa shape index (κ3) is 9.92. The van der Waals surface area contributed by atoms with E-state index in [9.17, 15) is 4.39 Å². The van der Waals surface area contributed by atoms with E-state index in [0.29, 0.717) is 12.5 Å². The number of unbranched alkanes of at least 4 members (excludes halogenated alkanes) is 1. The minimum absolute atomic E-state index is 0. The Labute approximate surface area is 161 Å². The van der Waals surface area contributed by atoms with Crippen LogP contribution in [-0.2, 0) is 4.74 Å². The zero-order valence-electron chi connectivity index (χ0n) is 14.7. The van der Waals surface area contributed by atoms with Crippen LogP contribution < -0.4 is 15.4 Å². The molecule has 0 aromatic heterocycles. The molecule has 0 fully saturated rings. The van der Waals surface area contributed by atoms with Gasteiger partial charge in [0.15, 0.2) is 17.5 Å². The fourth-order valence-corrected chi connectivity index (χ4v) is 1.94. The van der Waals surface area contributed by atoms with Crippen LogP contribution in [0.15, 0.2) is 29.3 Å². The first-order valence-corrected chi connectivity index (χ1v) is 8.10. The molecule has 0 saturated carbocycles. The summed E-state index contributed by atoms with van der Waals surface area (Å²) in [7, 11) is 1.72. The van der Waals surface area contributed by atoms with Gasteiger partial charge in [-0.2, -0.15) is 0 Å². The molecule has 138 valence electrons. The van der Waals surface area contributed by atoms with Crippen molar-refractivity contribution in [3.63, 3.8) is 0 Å². The number of nitrogens with one attached hydrogen (secondary N) is 2. The third-order valence-electron chi connectivity index (χ3n) is 3.16. The number of guanidine groups is 1. The lowest BCUT2D eigenvalue weighted by Crippen LogP contribution is -2.42. The number of rotatable bonds is 10. The summed E-state index contributed by atoms with van der Waals surface area (Å²) in [6, 6.07) is 6.40. The van der Waals surface area contributed by atoms with Gasteiger partial charge in [0.25, 0.3) is 0 Å². The molecule has 24 heavy (non-hydrogen) atoms. The quantitative estimate of drug-likeness (QED) is 0.247. The van der Waals surface area contributed by atoms with E-state index in [1.807, 2.05) is 13.8 Å². The van der Waals surface area contributed by atoms with Crippen LogP contribution in [0.4, 0.5) is 4.39 Å². The zero-order valence-corrected chi connectivity index (χ0v) is 17.0. The minimum atomic E-state index is -0.351. The van der Waals surface area contributed by atoms with Crippen molar-refractivity contribution in [3.8, 4) is 5.75 Å². The summed E-state index contributed by atoms with van der Waals surface area (Å²) < 4.78 is 24.4. The predicted molar refractivity (Wildman–Crippen MR) is 107 cm³/mol. The molecule has 1 aromatic rings. The number of aliphatic imine (C=N–C) groups is 1. The smallest absolute Gasteiger partial charge is 0.191 e. The van der Waals surface area contributed by atoms with Gasteiger partial charge in [-0.05, 0) is 38.8 Å². The molecule has 2 N–H and O–H groups in total. The molecule has 7 heteroatoms. The molecule has 0 radical (unpaired) electrons. The summed E-state index contributed by atoms with van der Waals surface area (Å²) in [5, 5.41) is 6.40. The van der Waals surface area contributed by atoms with E-state index in [1.54, 1.807) is 25.2 Å². The lowest BCUT2D eigenvalue weighted by molar-refractivity contribution is 0.143. The average Bonchev–Trinajstić information content (AvgIpc) is 2.55. The molecule has 1 atom stereocenters. The molecule has 0 aliphatic carbocycles. The van der Waals surface area contributed by atoms with Crippen LogP contribution in [-0.4, -0.2) is 45.4 Å². The standard InChI is InChI=1S/C17H28FN3O2.HI/c1-4-22-12-8-7-11-20-17(19-3)21-13-14(2)23-16-10-6-5-9-15(16)18;/h5-6,9-10,14H,4,7-8,11-13H2,1-3H3,(H2,19,20,21);1H. The summed E-state index contributed by atoms with van der Waals surface area (Å²) in [6.07, 6.45) is 1.86. The molecule has 0 spiro atoms. The number of benzene rings is 1. The van der Waals surface area contributed by atoms with Crippen molar-refractivity contribution < 1.29 is 13.9 Å². The number of nitrogens with zero attached hydrogens (tertiary/aromatic N) is 1. The summed E-state index contributed by atoms with van der Waals surface area (Å²) >= 11 is 0. The Morgan fingerprint density at radius 2 is 2.00 bits per heavy atom. The maximum Gasteiger partial charge on any atom is 0.191 e. The third-order valence-corrected chi connectivity index (χ3v) is 3.16. The number of hydrogen-bond acceptors (Lipinski definition) is 3. The summed E-state index contributed by atoms with van der Waals surface area (Å²) in [5.41, 5.74) is 0. The molecule has 0 saturated heterocycles. The molecule has 0 bridgehead atoms. The van der Waals surface area contributed by atoms with E-state index in [1.165, 1.54) is 6.07 Å². The highest BCUT2D eigenvalue weighted by atomic mass is 127. The second-order valence-electron chi connectivity index (χ2n) is 5.14. The molecule has 5 nitrogen and oxygen atoms in total. The lowest BCUT2D eigenvalue weighted by atomic mass is 10.3. The van der Waals surface area contributed by atoms with Crippen molar-refractivity contribution in [1.29, 1.82) is 0 Å². The summed E-state index contributed by atoms with van der Waals surface area (Å²) in [4.78, 5) is 4.15. The molecule has 1 rings (SSSR count). The Balaban J connectivity index is 0.00000529. The summed E-state index contributed by atoms with van der Waals surface area (Å²) in [6.45, 7) is 6.79. The van der Waals surface area contributed by atoms with Crippen molar-refractivity contribution >= 4 is 29.9 Å². The number of halogens is 2. The van der Waals surface area contributed by atoms with Gasteiger partial charge in [-0.25, -0.2) is 4.39 Å². The van der Waals surface area contributed by atoms with E-state index < -0.39 is 0 Å². The molecular formula is C17H29FIN3O2. The zero-order chi connectivity index (χ0) is 16.9. The van der Waals surface area contributed by atoms with Crippen molar-refractivity contribution in [2.24, 2.45) is 4.99 Å². The Morgan fingerprint density at radius 1 is 1.25 bits per heavy atom. The fraction of sp³-hybridized carbons (Fsp3) is 0.588. The average molecular weight is 453 g/mol. The highest BCUT2D eigenvalue weighted by Gasteiger charge is 2.08. The normalized spacial score (nSPS) is 12.2. The van der Waals surface area contributed by atoms with Crippen LogP contribution in [0.3, 0.4) is 0 Å². The maximum atomic E-state index is 13.5. The first-order chi connectivity index (χ1) is 11.2. The van der Waals surface area contributed by atoms with Crippen molar-refractivity contribution in [2.45, 2.75) is 32.8 Å². The lowest BCUT2D eigenvalue weighted by Gasteiger charge is -2.18. The van der Waals surface area contributed by atoms with Gasteiger partial charge in [-0.3, -0.25) is 4.99 Å². The monoisotopic (exact) mass is 453 g/mol. The van der Waals surface area contributed by atoms with Gasteiger partial charge in [0.1, 0.15) is 6.10 Å². The number of hydrogen-bond donors (Lipinski definition) is 2. The van der Waals surface area contributed by atoms with Gasteiger partial charge < -0.3 is 20.1 Å². The molecule has 0 heterocycles. The first-order valence-electron chi connectivity index (χ1n) is 8.10. The van der Waals surface area contributed by atoms with Crippen molar-refractivity contribution in [1.82, 2.24) is 10.6 Å². The largest absolute Gasteiger partial charge is 0.486 e. The van der Waals surface area contributed by atoms with Crippen LogP contribution in [0.5, 0.6) is 5.75 Å². The molecule has 0 amide bonds. The SMILES string of the molecule is CCOCCCCNC(=NC)NCC(C)Oc1ccccc1F.I. The van der Waals surface area contributed by atoms with Crippen LogP contribution in [0, 0.1) is 5.82 Å². The highest BCUT2D eigenvalue weighted by molar-refractivity contribution is 14.0. The highest BCUT2D eigenvalue weighted by Crippen LogP contribution is 2.16. The van der Waals surface area contributed by atoms with Gasteiger partial charge in [0, 0.05) is 26.8 Å². The van der Waals surface area contributed by atoms with Gasteiger partial charge in [0.2, 0.25) is 0 Å². The van der Waals surface area contributed by atoms with E-state index in [0.717, 1.165) is 32.6 Å².